The highest BCUT2D eigenvalue weighted by atomic mass is 15.0. The van der Waals surface area contributed by atoms with Crippen LogP contribution in [0.4, 0.5) is 23.0 Å². The molecule has 2 N–H and O–H groups in total. The summed E-state index contributed by atoms with van der Waals surface area (Å²) < 4.78 is 0. The summed E-state index contributed by atoms with van der Waals surface area (Å²) in [4.78, 5) is 8.83. The lowest BCUT2D eigenvalue weighted by molar-refractivity contribution is 0.397. The molecule has 0 spiro atoms. The second-order valence-corrected chi connectivity index (χ2v) is 11.3. The Morgan fingerprint density at radius 3 is 1.90 bits per heavy atom. The van der Waals surface area contributed by atoms with Gasteiger partial charge in [-0.2, -0.15) is 0 Å². The Bertz CT molecular complexity index is 1580. The Hall–Kier alpha value is -4.44. The van der Waals surface area contributed by atoms with Gasteiger partial charge in [-0.25, -0.2) is 9.97 Å². The molecule has 5 aromatic rings. The monoisotopic (exact) mass is 510 g/mol. The summed E-state index contributed by atoms with van der Waals surface area (Å²) in [5.41, 5.74) is 8.89. The number of hydrogen-bond acceptors (Lipinski definition) is 4. The lowest BCUT2D eigenvalue weighted by Crippen LogP contribution is -2.26. The molecule has 0 aliphatic heterocycles. The van der Waals surface area contributed by atoms with Gasteiger partial charge in [0.05, 0.1) is 0 Å². The highest BCUT2D eigenvalue weighted by Crippen LogP contribution is 2.53. The van der Waals surface area contributed by atoms with E-state index >= 15 is 0 Å². The SMILES string of the molecule is CC(C)(CCC1(C)c2ccccc2-c2ccc(Nc3ccccn3)cc21)c1ccc(Nc2ccccn2)cc1. The van der Waals surface area contributed by atoms with Crippen molar-refractivity contribution in [1.29, 1.82) is 0 Å². The van der Waals surface area contributed by atoms with Crippen LogP contribution in [0.25, 0.3) is 11.1 Å². The predicted molar refractivity (Wildman–Crippen MR) is 162 cm³/mol. The molecule has 1 unspecified atom stereocenters. The van der Waals surface area contributed by atoms with E-state index in [-0.39, 0.29) is 10.8 Å². The minimum Gasteiger partial charge on any atom is -0.340 e. The quantitative estimate of drug-likeness (QED) is 0.219. The molecule has 1 aliphatic rings. The van der Waals surface area contributed by atoms with Crippen LogP contribution in [0.15, 0.2) is 116 Å². The van der Waals surface area contributed by atoms with Crippen molar-refractivity contribution in [3.8, 4) is 11.1 Å². The van der Waals surface area contributed by atoms with Gasteiger partial charge in [0.2, 0.25) is 0 Å². The van der Waals surface area contributed by atoms with Gasteiger partial charge < -0.3 is 10.6 Å². The van der Waals surface area contributed by atoms with E-state index in [1.807, 2.05) is 42.6 Å². The Labute approximate surface area is 231 Å². The van der Waals surface area contributed by atoms with Crippen LogP contribution in [0.3, 0.4) is 0 Å². The zero-order chi connectivity index (χ0) is 26.9. The molecule has 39 heavy (non-hydrogen) atoms. The van der Waals surface area contributed by atoms with Crippen molar-refractivity contribution in [3.05, 3.63) is 132 Å². The van der Waals surface area contributed by atoms with Crippen molar-refractivity contribution in [1.82, 2.24) is 9.97 Å². The number of rotatable bonds is 8. The molecule has 4 heteroatoms. The van der Waals surface area contributed by atoms with Crippen molar-refractivity contribution in [3.63, 3.8) is 0 Å². The number of benzene rings is 3. The van der Waals surface area contributed by atoms with Gasteiger partial charge in [-0.15, -0.1) is 0 Å². The van der Waals surface area contributed by atoms with Crippen LogP contribution >= 0.6 is 0 Å². The number of fused-ring (bicyclic) bond motifs is 3. The van der Waals surface area contributed by atoms with Gasteiger partial charge >= 0.3 is 0 Å². The van der Waals surface area contributed by atoms with Gasteiger partial charge in [-0.1, -0.05) is 75.4 Å². The normalized spacial score (nSPS) is 15.9. The number of anilines is 4. The van der Waals surface area contributed by atoms with Crippen molar-refractivity contribution < 1.29 is 0 Å². The van der Waals surface area contributed by atoms with Crippen molar-refractivity contribution in [2.24, 2.45) is 0 Å². The maximum absolute atomic E-state index is 4.46. The minimum atomic E-state index is -0.0779. The fourth-order valence-corrected chi connectivity index (χ4v) is 5.81. The number of pyridine rings is 2. The molecule has 0 amide bonds. The molecule has 4 nitrogen and oxygen atoms in total. The molecular formula is C35H34N4. The van der Waals surface area contributed by atoms with E-state index in [0.29, 0.717) is 0 Å². The smallest absolute Gasteiger partial charge is 0.130 e. The highest BCUT2D eigenvalue weighted by Gasteiger charge is 2.40. The van der Waals surface area contributed by atoms with Crippen LogP contribution in [-0.2, 0) is 10.8 Å². The molecule has 3 aromatic carbocycles. The van der Waals surface area contributed by atoms with Crippen LogP contribution in [-0.4, -0.2) is 9.97 Å². The fourth-order valence-electron chi connectivity index (χ4n) is 5.81. The first-order valence-corrected chi connectivity index (χ1v) is 13.6. The molecule has 2 aromatic heterocycles. The van der Waals surface area contributed by atoms with Crippen LogP contribution in [0.1, 0.15) is 50.3 Å². The van der Waals surface area contributed by atoms with E-state index in [1.54, 1.807) is 6.20 Å². The molecule has 0 fully saturated rings. The third kappa shape index (κ3) is 4.90. The number of aromatic nitrogens is 2. The zero-order valence-corrected chi connectivity index (χ0v) is 22.8. The van der Waals surface area contributed by atoms with Gasteiger partial charge in [-0.3, -0.25) is 0 Å². The summed E-state index contributed by atoms with van der Waals surface area (Å²) in [6, 6.07) is 36.3. The van der Waals surface area contributed by atoms with Gasteiger partial charge in [0, 0.05) is 29.2 Å². The molecule has 0 saturated heterocycles. The Balaban J connectivity index is 1.25. The third-order valence-corrected chi connectivity index (χ3v) is 8.22. The number of hydrogen-bond donors (Lipinski definition) is 2. The highest BCUT2D eigenvalue weighted by molar-refractivity contribution is 5.83. The van der Waals surface area contributed by atoms with Gasteiger partial charge in [0.15, 0.2) is 0 Å². The van der Waals surface area contributed by atoms with Gasteiger partial charge in [0.1, 0.15) is 11.6 Å². The Morgan fingerprint density at radius 2 is 1.23 bits per heavy atom. The standard InChI is InChI=1S/C35H34N4/c1-34(2,25-14-16-26(17-15-25)38-32-12-6-8-22-36-32)20-21-35(3)30-11-5-4-10-28(30)29-19-18-27(24-31(29)35)39-33-13-7-9-23-37-33/h4-19,22-24H,20-21H2,1-3H3,(H,36,38)(H,37,39). The van der Waals surface area contributed by atoms with Crippen molar-refractivity contribution >= 4 is 23.0 Å². The maximum Gasteiger partial charge on any atom is 0.130 e. The second-order valence-electron chi connectivity index (χ2n) is 11.3. The fraction of sp³-hybridized carbons (Fsp3) is 0.200. The lowest BCUT2D eigenvalue weighted by atomic mass is 9.70. The first-order chi connectivity index (χ1) is 18.9. The molecular weight excluding hydrogens is 476 g/mol. The number of nitrogens with zero attached hydrogens (tertiary/aromatic N) is 2. The van der Waals surface area contributed by atoms with E-state index < -0.39 is 0 Å². The zero-order valence-electron chi connectivity index (χ0n) is 22.8. The first-order valence-electron chi connectivity index (χ1n) is 13.6. The summed E-state index contributed by atoms with van der Waals surface area (Å²) in [5.74, 6) is 1.71. The van der Waals surface area contributed by atoms with Crippen LogP contribution < -0.4 is 10.6 Å². The minimum absolute atomic E-state index is 0.0219. The molecule has 0 bridgehead atoms. The van der Waals surface area contributed by atoms with E-state index in [1.165, 1.54) is 27.8 Å². The molecule has 0 saturated carbocycles. The van der Waals surface area contributed by atoms with E-state index in [0.717, 1.165) is 35.9 Å². The maximum atomic E-state index is 4.46. The Kier molecular flexibility index (Phi) is 6.40. The van der Waals surface area contributed by atoms with Crippen molar-refractivity contribution in [2.75, 3.05) is 10.6 Å². The van der Waals surface area contributed by atoms with Crippen LogP contribution in [0.2, 0.25) is 0 Å². The van der Waals surface area contributed by atoms with E-state index in [4.69, 9.17) is 0 Å². The van der Waals surface area contributed by atoms with Crippen LogP contribution in [0.5, 0.6) is 0 Å². The largest absolute Gasteiger partial charge is 0.340 e. The summed E-state index contributed by atoms with van der Waals surface area (Å²) in [6.07, 6.45) is 5.73. The number of nitrogens with one attached hydrogen (secondary N) is 2. The topological polar surface area (TPSA) is 49.8 Å². The second kappa shape index (κ2) is 10.0. The average molecular weight is 511 g/mol. The summed E-state index contributed by atoms with van der Waals surface area (Å²) in [7, 11) is 0. The van der Waals surface area contributed by atoms with Crippen LogP contribution in [0, 0.1) is 0 Å². The van der Waals surface area contributed by atoms with Gasteiger partial charge in [-0.05, 0) is 94.6 Å². The van der Waals surface area contributed by atoms with Gasteiger partial charge in [0.25, 0.3) is 0 Å². The molecule has 0 radical (unpaired) electrons. The van der Waals surface area contributed by atoms with E-state index in [2.05, 4.69) is 108 Å². The molecule has 6 rings (SSSR count). The third-order valence-electron chi connectivity index (χ3n) is 8.22. The molecule has 2 heterocycles. The Morgan fingerprint density at radius 1 is 0.641 bits per heavy atom. The predicted octanol–water partition coefficient (Wildman–Crippen LogP) is 9.01. The molecule has 1 aliphatic carbocycles. The summed E-state index contributed by atoms with van der Waals surface area (Å²) in [5, 5.41) is 6.89. The molecule has 194 valence electrons. The summed E-state index contributed by atoms with van der Waals surface area (Å²) >= 11 is 0. The lowest BCUT2D eigenvalue weighted by Gasteiger charge is -2.33. The summed E-state index contributed by atoms with van der Waals surface area (Å²) in [6.45, 7) is 7.13. The average Bonchev–Trinajstić information content (AvgIpc) is 3.22. The van der Waals surface area contributed by atoms with E-state index in [9.17, 15) is 0 Å². The first kappa shape index (κ1) is 24.9. The molecule has 1 atom stereocenters. The van der Waals surface area contributed by atoms with Crippen molar-refractivity contribution in [2.45, 2.75) is 44.4 Å².